The zero-order valence-electron chi connectivity index (χ0n) is 14.6. The second-order valence-corrected chi connectivity index (χ2v) is 5.69. The second-order valence-electron chi connectivity index (χ2n) is 5.28. The van der Waals surface area contributed by atoms with Gasteiger partial charge in [0.15, 0.2) is 0 Å². The molecule has 0 bridgehead atoms. The summed E-state index contributed by atoms with van der Waals surface area (Å²) in [6, 6.07) is 7.37. The molecule has 0 saturated heterocycles. The molecule has 0 radical (unpaired) electrons. The van der Waals surface area contributed by atoms with Crippen LogP contribution in [-0.4, -0.2) is 32.6 Å². The Hall–Kier alpha value is -2.58. The lowest BCUT2D eigenvalue weighted by atomic mass is 10.3. The molecule has 0 aromatic heterocycles. The van der Waals surface area contributed by atoms with Gasteiger partial charge in [0.25, 0.3) is 0 Å². The molecule has 9 heteroatoms. The molecule has 6 nitrogen and oxygen atoms in total. The number of ether oxygens (including phenoxy) is 4. The van der Waals surface area contributed by atoms with Gasteiger partial charge in [-0.3, -0.25) is 0 Å². The van der Waals surface area contributed by atoms with E-state index in [0.29, 0.717) is 5.75 Å². The summed E-state index contributed by atoms with van der Waals surface area (Å²) >= 11 is 6.11. The minimum atomic E-state index is -0.748. The zero-order chi connectivity index (χ0) is 19.8. The van der Waals surface area contributed by atoms with Gasteiger partial charge in [-0.25, -0.2) is 13.6 Å². The molecule has 1 atom stereocenters. The SMILES string of the molecule is COC(C)OC(=O)NCCOc1ccc(Oc2cc(F)cc(F)c2)cc1Cl. The third-order valence-electron chi connectivity index (χ3n) is 3.21. The third kappa shape index (κ3) is 6.92. The van der Waals surface area contributed by atoms with Crippen LogP contribution in [0.15, 0.2) is 36.4 Å². The summed E-state index contributed by atoms with van der Waals surface area (Å²) in [6.07, 6.45) is -1.29. The number of hydrogen-bond donors (Lipinski definition) is 1. The van der Waals surface area contributed by atoms with Crippen molar-refractivity contribution in [1.82, 2.24) is 5.32 Å². The van der Waals surface area contributed by atoms with Gasteiger partial charge < -0.3 is 24.3 Å². The highest BCUT2D eigenvalue weighted by molar-refractivity contribution is 6.32. The Morgan fingerprint density at radius 2 is 1.85 bits per heavy atom. The Bertz CT molecular complexity index is 770. The first-order valence-electron chi connectivity index (χ1n) is 7.91. The van der Waals surface area contributed by atoms with Crippen molar-refractivity contribution in [2.24, 2.45) is 0 Å². The van der Waals surface area contributed by atoms with Crippen molar-refractivity contribution in [2.75, 3.05) is 20.3 Å². The summed E-state index contributed by atoms with van der Waals surface area (Å²) in [4.78, 5) is 11.4. The van der Waals surface area contributed by atoms with Crippen molar-refractivity contribution >= 4 is 17.7 Å². The smallest absolute Gasteiger partial charge is 0.409 e. The summed E-state index contributed by atoms with van der Waals surface area (Å²) in [5.41, 5.74) is 0. The fourth-order valence-corrected chi connectivity index (χ4v) is 2.17. The number of benzene rings is 2. The van der Waals surface area contributed by atoms with Crippen molar-refractivity contribution < 1.29 is 32.5 Å². The van der Waals surface area contributed by atoms with Gasteiger partial charge in [0, 0.05) is 31.4 Å². The number of amides is 1. The van der Waals surface area contributed by atoms with E-state index >= 15 is 0 Å². The molecule has 0 heterocycles. The van der Waals surface area contributed by atoms with E-state index in [1.165, 1.54) is 19.2 Å². The van der Waals surface area contributed by atoms with E-state index in [2.05, 4.69) is 5.32 Å². The summed E-state index contributed by atoms with van der Waals surface area (Å²) in [7, 11) is 1.42. The number of hydrogen-bond acceptors (Lipinski definition) is 5. The van der Waals surface area contributed by atoms with Crippen molar-refractivity contribution in [1.29, 1.82) is 0 Å². The van der Waals surface area contributed by atoms with E-state index in [1.807, 2.05) is 0 Å². The molecule has 0 fully saturated rings. The number of nitrogens with one attached hydrogen (secondary N) is 1. The van der Waals surface area contributed by atoms with Gasteiger partial charge >= 0.3 is 6.09 Å². The minimum absolute atomic E-state index is 0.00485. The van der Waals surface area contributed by atoms with Gasteiger partial charge in [-0.1, -0.05) is 11.6 Å². The third-order valence-corrected chi connectivity index (χ3v) is 3.50. The van der Waals surface area contributed by atoms with Gasteiger partial charge in [-0.15, -0.1) is 0 Å². The molecule has 0 aliphatic heterocycles. The standard InChI is InChI=1S/C18H18ClF2NO5/c1-11(24-2)26-18(23)22-5-6-25-17-4-3-14(10-16(17)19)27-15-8-12(20)7-13(21)9-15/h3-4,7-11H,5-6H2,1-2H3,(H,22,23). The van der Waals surface area contributed by atoms with Crippen LogP contribution in [-0.2, 0) is 9.47 Å². The average Bonchev–Trinajstić information content (AvgIpc) is 2.59. The molecule has 1 amide bonds. The van der Waals surface area contributed by atoms with Crippen LogP contribution in [0.2, 0.25) is 5.02 Å². The van der Waals surface area contributed by atoms with Crippen LogP contribution in [0.5, 0.6) is 17.2 Å². The van der Waals surface area contributed by atoms with Crippen molar-refractivity contribution in [3.8, 4) is 17.2 Å². The van der Waals surface area contributed by atoms with E-state index in [1.54, 1.807) is 13.0 Å². The lowest BCUT2D eigenvalue weighted by Gasteiger charge is -2.13. The Balaban J connectivity index is 1.84. The monoisotopic (exact) mass is 401 g/mol. The van der Waals surface area contributed by atoms with Crippen LogP contribution in [0.1, 0.15) is 6.92 Å². The van der Waals surface area contributed by atoms with E-state index in [9.17, 15) is 13.6 Å². The predicted molar refractivity (Wildman–Crippen MR) is 94.3 cm³/mol. The van der Waals surface area contributed by atoms with Gasteiger partial charge in [0.2, 0.25) is 6.29 Å². The largest absolute Gasteiger partial charge is 0.490 e. The number of methoxy groups -OCH3 is 1. The Kier molecular flexibility index (Phi) is 7.63. The normalized spacial score (nSPS) is 11.6. The van der Waals surface area contributed by atoms with E-state index in [0.717, 1.165) is 18.2 Å². The molecule has 2 aromatic rings. The first-order valence-corrected chi connectivity index (χ1v) is 8.28. The molecule has 1 unspecified atom stereocenters. The zero-order valence-corrected chi connectivity index (χ0v) is 15.4. The molecular formula is C18H18ClF2NO5. The van der Waals surface area contributed by atoms with Gasteiger partial charge in [0.1, 0.15) is 35.5 Å². The molecule has 2 aromatic carbocycles. The summed E-state index contributed by atoms with van der Waals surface area (Å²) in [5.74, 6) is -0.850. The Morgan fingerprint density at radius 3 is 2.48 bits per heavy atom. The topological polar surface area (TPSA) is 66.0 Å². The minimum Gasteiger partial charge on any atom is -0.490 e. The molecule has 0 aliphatic carbocycles. The van der Waals surface area contributed by atoms with Crippen LogP contribution in [0.3, 0.4) is 0 Å². The van der Waals surface area contributed by atoms with Gasteiger partial charge in [-0.05, 0) is 19.1 Å². The molecule has 0 saturated carbocycles. The second kappa shape index (κ2) is 9.94. The first-order chi connectivity index (χ1) is 12.9. The Morgan fingerprint density at radius 1 is 1.15 bits per heavy atom. The Labute approximate surface area is 159 Å². The summed E-state index contributed by atoms with van der Waals surface area (Å²) in [5, 5.41) is 2.72. The first kappa shape index (κ1) is 20.7. The summed E-state index contributed by atoms with van der Waals surface area (Å²) in [6.45, 7) is 1.91. The van der Waals surface area contributed by atoms with Crippen LogP contribution in [0.25, 0.3) is 0 Å². The lowest BCUT2D eigenvalue weighted by molar-refractivity contribution is -0.0675. The predicted octanol–water partition coefficient (Wildman–Crippen LogP) is 4.51. The van der Waals surface area contributed by atoms with Crippen molar-refractivity contribution in [2.45, 2.75) is 13.2 Å². The summed E-state index contributed by atoms with van der Waals surface area (Å²) < 4.78 is 46.8. The molecular weight excluding hydrogens is 384 g/mol. The highest BCUT2D eigenvalue weighted by Gasteiger charge is 2.09. The number of halogens is 3. The maximum atomic E-state index is 13.2. The highest BCUT2D eigenvalue weighted by Crippen LogP contribution is 2.31. The molecule has 1 N–H and O–H groups in total. The number of rotatable bonds is 8. The van der Waals surface area contributed by atoms with Crippen LogP contribution in [0.4, 0.5) is 13.6 Å². The van der Waals surface area contributed by atoms with Crippen molar-refractivity contribution in [3.05, 3.63) is 53.1 Å². The fourth-order valence-electron chi connectivity index (χ4n) is 1.94. The molecule has 0 spiro atoms. The van der Waals surface area contributed by atoms with Gasteiger partial charge in [0.05, 0.1) is 11.6 Å². The van der Waals surface area contributed by atoms with Crippen LogP contribution < -0.4 is 14.8 Å². The van der Waals surface area contributed by atoms with Crippen LogP contribution >= 0.6 is 11.6 Å². The average molecular weight is 402 g/mol. The van der Waals surface area contributed by atoms with E-state index in [4.69, 9.17) is 30.5 Å². The fraction of sp³-hybridized carbons (Fsp3) is 0.278. The molecule has 2 rings (SSSR count). The maximum Gasteiger partial charge on any atom is 0.409 e. The molecule has 27 heavy (non-hydrogen) atoms. The van der Waals surface area contributed by atoms with E-state index < -0.39 is 24.0 Å². The molecule has 0 aliphatic rings. The lowest BCUT2D eigenvalue weighted by Crippen LogP contribution is -2.31. The van der Waals surface area contributed by atoms with Crippen molar-refractivity contribution in [3.63, 3.8) is 0 Å². The highest BCUT2D eigenvalue weighted by atomic mass is 35.5. The van der Waals surface area contributed by atoms with Gasteiger partial charge in [-0.2, -0.15) is 0 Å². The van der Waals surface area contributed by atoms with E-state index in [-0.39, 0.29) is 29.7 Å². The van der Waals surface area contributed by atoms with Crippen LogP contribution in [0, 0.1) is 11.6 Å². The number of carbonyl (C=O) groups is 1. The number of alkyl carbamates (subject to hydrolysis) is 1. The number of carbonyl (C=O) groups excluding carboxylic acids is 1. The maximum absolute atomic E-state index is 13.2. The quantitative estimate of drug-likeness (QED) is 0.521. The molecule has 146 valence electrons.